The van der Waals surface area contributed by atoms with Gasteiger partial charge >= 0.3 is 0 Å². The molecule has 0 aliphatic heterocycles. The first-order valence-electron chi connectivity index (χ1n) is 6.46. The fourth-order valence-electron chi connectivity index (χ4n) is 2.47. The molecule has 1 aromatic heterocycles. The molecule has 0 fully saturated rings. The maximum atomic E-state index is 4.36. The Morgan fingerprint density at radius 1 is 1.22 bits per heavy atom. The highest BCUT2D eigenvalue weighted by Gasteiger charge is 2.25. The molecule has 1 aliphatic carbocycles. The number of aromatic nitrogens is 2. The van der Waals surface area contributed by atoms with Crippen molar-refractivity contribution in [3.05, 3.63) is 45.4 Å². The van der Waals surface area contributed by atoms with Gasteiger partial charge in [0, 0.05) is 12.5 Å². The molecule has 1 aromatic carbocycles. The van der Waals surface area contributed by atoms with Gasteiger partial charge in [-0.2, -0.15) is 0 Å². The number of benzene rings is 1. The molecule has 0 unspecified atom stereocenters. The topological polar surface area (TPSA) is 37.8 Å². The summed E-state index contributed by atoms with van der Waals surface area (Å²) in [5, 5.41) is 14.2. The minimum absolute atomic E-state index is 0.537. The fourth-order valence-corrected chi connectivity index (χ4v) is 3.38. The Kier molecular flexibility index (Phi) is 3.39. The predicted molar refractivity (Wildman–Crippen MR) is 73.9 cm³/mol. The molecule has 0 saturated heterocycles. The summed E-state index contributed by atoms with van der Waals surface area (Å²) < 4.78 is 0. The van der Waals surface area contributed by atoms with Gasteiger partial charge in [0.2, 0.25) is 0 Å². The lowest BCUT2D eigenvalue weighted by Gasteiger charge is -2.01. The van der Waals surface area contributed by atoms with Crippen LogP contribution in [-0.4, -0.2) is 16.7 Å². The van der Waals surface area contributed by atoms with E-state index in [2.05, 4.69) is 46.7 Å². The Morgan fingerprint density at radius 2 is 1.94 bits per heavy atom. The van der Waals surface area contributed by atoms with Crippen LogP contribution in [0.2, 0.25) is 0 Å². The van der Waals surface area contributed by atoms with Gasteiger partial charge in [-0.15, -0.1) is 10.2 Å². The number of nitrogens with zero attached hydrogens (tertiary/aromatic N) is 2. The average Bonchev–Trinajstić information content (AvgIpc) is 3.02. The van der Waals surface area contributed by atoms with Crippen LogP contribution < -0.4 is 5.32 Å². The van der Waals surface area contributed by atoms with Crippen molar-refractivity contribution in [1.29, 1.82) is 0 Å². The van der Waals surface area contributed by atoms with Crippen LogP contribution in [0.25, 0.3) is 0 Å². The number of nitrogens with one attached hydrogen (secondary N) is 1. The number of fused-ring (bicyclic) bond motifs is 1. The zero-order valence-corrected chi connectivity index (χ0v) is 11.3. The van der Waals surface area contributed by atoms with Crippen molar-refractivity contribution in [2.45, 2.75) is 32.2 Å². The molecule has 3 rings (SSSR count). The van der Waals surface area contributed by atoms with E-state index in [1.165, 1.54) is 16.1 Å². The minimum Gasteiger partial charge on any atom is -0.311 e. The highest BCUT2D eigenvalue weighted by atomic mass is 32.1. The maximum Gasteiger partial charge on any atom is 0.131 e. The molecule has 94 valence electrons. The number of rotatable bonds is 4. The predicted octanol–water partition coefficient (Wildman–Crippen LogP) is 2.53. The molecule has 18 heavy (non-hydrogen) atoms. The summed E-state index contributed by atoms with van der Waals surface area (Å²) in [6, 6.07) is 8.71. The van der Waals surface area contributed by atoms with Gasteiger partial charge in [0.05, 0.1) is 0 Å². The maximum absolute atomic E-state index is 4.36. The Labute approximate surface area is 111 Å². The standard InChI is InChI=1S/C14H17N3S/c1-2-15-9-13-16-17-14(18-13)12-7-10-5-3-4-6-11(10)8-12/h3-6,12,15H,2,7-9H2,1H3. The van der Waals surface area contributed by atoms with Crippen LogP contribution in [0, 0.1) is 0 Å². The average molecular weight is 259 g/mol. The molecule has 0 atom stereocenters. The Hall–Kier alpha value is -1.26. The Bertz CT molecular complexity index is 510. The number of hydrogen-bond donors (Lipinski definition) is 1. The van der Waals surface area contributed by atoms with E-state index in [0.717, 1.165) is 30.9 Å². The molecular weight excluding hydrogens is 242 g/mol. The molecule has 0 radical (unpaired) electrons. The highest BCUT2D eigenvalue weighted by Crippen LogP contribution is 2.34. The number of hydrogen-bond acceptors (Lipinski definition) is 4. The molecular formula is C14H17N3S. The van der Waals surface area contributed by atoms with Crippen molar-refractivity contribution < 1.29 is 0 Å². The summed E-state index contributed by atoms with van der Waals surface area (Å²) in [6.07, 6.45) is 2.23. The van der Waals surface area contributed by atoms with Gasteiger partial charge in [0.15, 0.2) is 0 Å². The monoisotopic (exact) mass is 259 g/mol. The largest absolute Gasteiger partial charge is 0.311 e. The van der Waals surface area contributed by atoms with Gasteiger partial charge in [0.1, 0.15) is 10.0 Å². The second-order valence-corrected chi connectivity index (χ2v) is 5.78. The summed E-state index contributed by atoms with van der Waals surface area (Å²) in [7, 11) is 0. The summed E-state index contributed by atoms with van der Waals surface area (Å²) in [5.74, 6) is 0.537. The van der Waals surface area contributed by atoms with Crippen LogP contribution in [-0.2, 0) is 19.4 Å². The van der Waals surface area contributed by atoms with E-state index in [1.807, 2.05) is 0 Å². The molecule has 4 heteroatoms. The van der Waals surface area contributed by atoms with E-state index in [-0.39, 0.29) is 0 Å². The van der Waals surface area contributed by atoms with E-state index in [4.69, 9.17) is 0 Å². The second kappa shape index (κ2) is 5.16. The highest BCUT2D eigenvalue weighted by molar-refractivity contribution is 7.11. The lowest BCUT2D eigenvalue weighted by molar-refractivity contribution is 0.700. The zero-order valence-electron chi connectivity index (χ0n) is 10.5. The second-order valence-electron chi connectivity index (χ2n) is 4.69. The van der Waals surface area contributed by atoms with Crippen molar-refractivity contribution in [1.82, 2.24) is 15.5 Å². The molecule has 0 saturated carbocycles. The Morgan fingerprint density at radius 3 is 2.61 bits per heavy atom. The van der Waals surface area contributed by atoms with Gasteiger partial charge in [-0.1, -0.05) is 42.5 Å². The van der Waals surface area contributed by atoms with Crippen LogP contribution >= 0.6 is 11.3 Å². The molecule has 1 N–H and O–H groups in total. The lowest BCUT2D eigenvalue weighted by Crippen LogP contribution is -2.11. The van der Waals surface area contributed by atoms with Crippen LogP contribution in [0.1, 0.15) is 34.0 Å². The fraction of sp³-hybridized carbons (Fsp3) is 0.429. The van der Waals surface area contributed by atoms with Gasteiger partial charge in [-0.3, -0.25) is 0 Å². The molecule has 1 heterocycles. The van der Waals surface area contributed by atoms with Crippen LogP contribution in [0.5, 0.6) is 0 Å². The van der Waals surface area contributed by atoms with Gasteiger partial charge in [-0.05, 0) is 30.5 Å². The van der Waals surface area contributed by atoms with Crippen molar-refractivity contribution in [2.24, 2.45) is 0 Å². The van der Waals surface area contributed by atoms with Crippen molar-refractivity contribution in [3.63, 3.8) is 0 Å². The van der Waals surface area contributed by atoms with Gasteiger partial charge in [0.25, 0.3) is 0 Å². The first-order chi connectivity index (χ1) is 8.86. The van der Waals surface area contributed by atoms with Crippen LogP contribution in [0.4, 0.5) is 0 Å². The van der Waals surface area contributed by atoms with E-state index in [1.54, 1.807) is 11.3 Å². The van der Waals surface area contributed by atoms with E-state index >= 15 is 0 Å². The van der Waals surface area contributed by atoms with Gasteiger partial charge in [-0.25, -0.2) is 0 Å². The third-order valence-electron chi connectivity index (χ3n) is 3.41. The molecule has 0 amide bonds. The third-order valence-corrected chi connectivity index (χ3v) is 4.49. The summed E-state index contributed by atoms with van der Waals surface area (Å²) >= 11 is 1.76. The van der Waals surface area contributed by atoms with Crippen molar-refractivity contribution >= 4 is 11.3 Å². The van der Waals surface area contributed by atoms with Crippen LogP contribution in [0.3, 0.4) is 0 Å². The molecule has 0 bridgehead atoms. The molecule has 2 aromatic rings. The summed E-state index contributed by atoms with van der Waals surface area (Å²) in [5.41, 5.74) is 2.96. The Balaban J connectivity index is 1.72. The van der Waals surface area contributed by atoms with Crippen LogP contribution in [0.15, 0.2) is 24.3 Å². The SMILES string of the molecule is CCNCc1nnc(C2Cc3ccccc3C2)s1. The van der Waals surface area contributed by atoms with E-state index < -0.39 is 0 Å². The molecule has 0 spiro atoms. The minimum atomic E-state index is 0.537. The lowest BCUT2D eigenvalue weighted by atomic mass is 10.1. The summed E-state index contributed by atoms with van der Waals surface area (Å²) in [4.78, 5) is 0. The molecule has 1 aliphatic rings. The first-order valence-corrected chi connectivity index (χ1v) is 7.28. The quantitative estimate of drug-likeness (QED) is 0.917. The first kappa shape index (κ1) is 11.8. The van der Waals surface area contributed by atoms with Crippen molar-refractivity contribution in [2.75, 3.05) is 6.54 Å². The normalized spacial score (nSPS) is 14.9. The van der Waals surface area contributed by atoms with E-state index in [9.17, 15) is 0 Å². The third kappa shape index (κ3) is 2.31. The van der Waals surface area contributed by atoms with Gasteiger partial charge < -0.3 is 5.32 Å². The smallest absolute Gasteiger partial charge is 0.131 e. The molecule has 3 nitrogen and oxygen atoms in total. The van der Waals surface area contributed by atoms with Crippen molar-refractivity contribution in [3.8, 4) is 0 Å². The van der Waals surface area contributed by atoms with E-state index in [0.29, 0.717) is 5.92 Å². The zero-order chi connectivity index (χ0) is 12.4. The summed E-state index contributed by atoms with van der Waals surface area (Å²) in [6.45, 7) is 3.92.